The lowest BCUT2D eigenvalue weighted by molar-refractivity contribution is 0.768. The van der Waals surface area contributed by atoms with Gasteiger partial charge < -0.3 is 5.32 Å². The lowest BCUT2D eigenvalue weighted by Crippen LogP contribution is -2.01. The number of rotatable bonds is 3. The van der Waals surface area contributed by atoms with Crippen LogP contribution in [0.25, 0.3) is 22.0 Å². The molecule has 0 saturated heterocycles. The SMILES string of the molecule is Cn1cc(-c2cnc3cccc(NC4CC4)c3c2)cn1. The molecule has 2 aromatic heterocycles. The molecule has 1 saturated carbocycles. The third-order valence-corrected chi connectivity index (χ3v) is 3.70. The molecule has 1 aliphatic carbocycles. The molecule has 3 aromatic rings. The zero-order chi connectivity index (χ0) is 13.5. The summed E-state index contributed by atoms with van der Waals surface area (Å²) in [4.78, 5) is 4.58. The minimum Gasteiger partial charge on any atom is -0.382 e. The van der Waals surface area contributed by atoms with Crippen LogP contribution in [-0.2, 0) is 7.05 Å². The maximum Gasteiger partial charge on any atom is 0.0723 e. The van der Waals surface area contributed by atoms with Crippen LogP contribution in [0.15, 0.2) is 42.9 Å². The van der Waals surface area contributed by atoms with Crippen molar-refractivity contribution in [2.24, 2.45) is 7.05 Å². The monoisotopic (exact) mass is 264 g/mol. The normalized spacial score (nSPS) is 14.7. The Kier molecular flexibility index (Phi) is 2.49. The van der Waals surface area contributed by atoms with Crippen LogP contribution in [0, 0.1) is 0 Å². The van der Waals surface area contributed by atoms with E-state index in [1.807, 2.05) is 30.3 Å². The van der Waals surface area contributed by atoms with E-state index < -0.39 is 0 Å². The van der Waals surface area contributed by atoms with Crippen LogP contribution in [0.5, 0.6) is 0 Å². The first-order chi connectivity index (χ1) is 9.79. The van der Waals surface area contributed by atoms with Crippen molar-refractivity contribution in [1.82, 2.24) is 14.8 Å². The standard InChI is InChI=1S/C16H16N4/c1-20-10-12(9-18-20)11-7-14-15(17-8-11)3-2-4-16(14)19-13-5-6-13/h2-4,7-10,13,19H,5-6H2,1H3. The van der Waals surface area contributed by atoms with Gasteiger partial charge in [-0.3, -0.25) is 9.67 Å². The maximum atomic E-state index is 4.58. The smallest absolute Gasteiger partial charge is 0.0723 e. The average Bonchev–Trinajstić information content (AvgIpc) is 3.18. The summed E-state index contributed by atoms with van der Waals surface area (Å²) in [6.45, 7) is 0. The van der Waals surface area contributed by atoms with Crippen molar-refractivity contribution < 1.29 is 0 Å². The molecule has 1 fully saturated rings. The highest BCUT2D eigenvalue weighted by Gasteiger charge is 2.21. The number of nitrogens with one attached hydrogen (secondary N) is 1. The molecule has 1 N–H and O–H groups in total. The van der Waals surface area contributed by atoms with Gasteiger partial charge in [0, 0.05) is 47.7 Å². The first-order valence-electron chi connectivity index (χ1n) is 6.94. The number of hydrogen-bond donors (Lipinski definition) is 1. The van der Waals surface area contributed by atoms with Gasteiger partial charge >= 0.3 is 0 Å². The third-order valence-electron chi connectivity index (χ3n) is 3.70. The molecule has 4 nitrogen and oxygen atoms in total. The number of hydrogen-bond acceptors (Lipinski definition) is 3. The number of benzene rings is 1. The molecule has 2 heterocycles. The summed E-state index contributed by atoms with van der Waals surface area (Å²) in [7, 11) is 1.93. The molecule has 0 aliphatic heterocycles. The number of fused-ring (bicyclic) bond motifs is 1. The maximum absolute atomic E-state index is 4.58. The van der Waals surface area contributed by atoms with Gasteiger partial charge in [-0.05, 0) is 31.0 Å². The second-order valence-corrected chi connectivity index (χ2v) is 5.42. The minimum absolute atomic E-state index is 0.641. The highest BCUT2D eigenvalue weighted by Crippen LogP contribution is 2.31. The van der Waals surface area contributed by atoms with Gasteiger partial charge in [0.15, 0.2) is 0 Å². The zero-order valence-corrected chi connectivity index (χ0v) is 11.4. The fraction of sp³-hybridized carbons (Fsp3) is 0.250. The van der Waals surface area contributed by atoms with E-state index >= 15 is 0 Å². The molecule has 100 valence electrons. The van der Waals surface area contributed by atoms with Crippen molar-refractivity contribution in [2.75, 3.05) is 5.32 Å². The van der Waals surface area contributed by atoms with Gasteiger partial charge in [-0.15, -0.1) is 0 Å². The summed E-state index contributed by atoms with van der Waals surface area (Å²) in [5, 5.41) is 8.99. The van der Waals surface area contributed by atoms with E-state index in [1.54, 1.807) is 0 Å². The van der Waals surface area contributed by atoms with E-state index in [0.717, 1.165) is 16.6 Å². The van der Waals surface area contributed by atoms with Crippen LogP contribution < -0.4 is 5.32 Å². The number of aromatic nitrogens is 3. The van der Waals surface area contributed by atoms with Gasteiger partial charge in [0.25, 0.3) is 0 Å². The molecule has 20 heavy (non-hydrogen) atoms. The van der Waals surface area contributed by atoms with E-state index in [-0.39, 0.29) is 0 Å². The van der Waals surface area contributed by atoms with Gasteiger partial charge in [-0.2, -0.15) is 5.10 Å². The van der Waals surface area contributed by atoms with Gasteiger partial charge in [-0.25, -0.2) is 0 Å². The Labute approximate surface area is 117 Å². The Morgan fingerprint density at radius 1 is 1.20 bits per heavy atom. The molecule has 0 spiro atoms. The van der Waals surface area contributed by atoms with Crippen molar-refractivity contribution in [3.63, 3.8) is 0 Å². The molecular weight excluding hydrogens is 248 g/mol. The summed E-state index contributed by atoms with van der Waals surface area (Å²) in [5.41, 5.74) is 4.42. The summed E-state index contributed by atoms with van der Waals surface area (Å²) in [5.74, 6) is 0. The molecule has 0 atom stereocenters. The summed E-state index contributed by atoms with van der Waals surface area (Å²) in [6, 6.07) is 9.09. The minimum atomic E-state index is 0.641. The van der Waals surface area contributed by atoms with Crippen LogP contribution in [0.2, 0.25) is 0 Å². The van der Waals surface area contributed by atoms with E-state index in [9.17, 15) is 0 Å². The van der Waals surface area contributed by atoms with Crippen molar-refractivity contribution in [1.29, 1.82) is 0 Å². The fourth-order valence-electron chi connectivity index (χ4n) is 2.45. The third kappa shape index (κ3) is 2.03. The second kappa shape index (κ2) is 4.34. The molecule has 4 heteroatoms. The first-order valence-corrected chi connectivity index (χ1v) is 6.94. The molecule has 1 aliphatic rings. The van der Waals surface area contributed by atoms with Gasteiger partial charge in [0.2, 0.25) is 0 Å². The Balaban J connectivity index is 1.83. The van der Waals surface area contributed by atoms with Crippen LogP contribution >= 0.6 is 0 Å². The molecule has 0 amide bonds. The zero-order valence-electron chi connectivity index (χ0n) is 11.4. The summed E-state index contributed by atoms with van der Waals surface area (Å²) < 4.78 is 1.81. The second-order valence-electron chi connectivity index (χ2n) is 5.42. The summed E-state index contributed by atoms with van der Waals surface area (Å²) >= 11 is 0. The van der Waals surface area contributed by atoms with Crippen molar-refractivity contribution in [3.05, 3.63) is 42.9 Å². The van der Waals surface area contributed by atoms with Gasteiger partial charge in [0.1, 0.15) is 0 Å². The van der Waals surface area contributed by atoms with Crippen molar-refractivity contribution in [3.8, 4) is 11.1 Å². The molecule has 1 aromatic carbocycles. The van der Waals surface area contributed by atoms with E-state index in [4.69, 9.17) is 0 Å². The van der Waals surface area contributed by atoms with Gasteiger partial charge in [-0.1, -0.05) is 6.07 Å². The number of nitrogens with zero attached hydrogens (tertiary/aromatic N) is 3. The highest BCUT2D eigenvalue weighted by molar-refractivity contribution is 5.94. The lowest BCUT2D eigenvalue weighted by Gasteiger charge is -2.09. The van der Waals surface area contributed by atoms with Crippen molar-refractivity contribution in [2.45, 2.75) is 18.9 Å². The largest absolute Gasteiger partial charge is 0.382 e. The van der Waals surface area contributed by atoms with Gasteiger partial charge in [0.05, 0.1) is 11.7 Å². The molecule has 4 rings (SSSR count). The quantitative estimate of drug-likeness (QED) is 0.790. The molecule has 0 unspecified atom stereocenters. The predicted molar refractivity (Wildman–Crippen MR) is 80.6 cm³/mol. The predicted octanol–water partition coefficient (Wildman–Crippen LogP) is 3.21. The Hall–Kier alpha value is -2.36. The van der Waals surface area contributed by atoms with Crippen LogP contribution in [0.3, 0.4) is 0 Å². The number of aryl methyl sites for hydroxylation is 1. The molecular formula is C16H16N4. The van der Waals surface area contributed by atoms with E-state index in [0.29, 0.717) is 6.04 Å². The first kappa shape index (κ1) is 11.5. The highest BCUT2D eigenvalue weighted by atomic mass is 15.2. The molecule has 0 radical (unpaired) electrons. The van der Waals surface area contributed by atoms with E-state index in [1.165, 1.54) is 23.9 Å². The van der Waals surface area contributed by atoms with Crippen LogP contribution in [0.1, 0.15) is 12.8 Å². The van der Waals surface area contributed by atoms with Crippen molar-refractivity contribution >= 4 is 16.6 Å². The number of anilines is 1. The topological polar surface area (TPSA) is 42.7 Å². The number of pyridine rings is 1. The lowest BCUT2D eigenvalue weighted by atomic mass is 10.1. The molecule has 0 bridgehead atoms. The van der Waals surface area contributed by atoms with Crippen LogP contribution in [-0.4, -0.2) is 20.8 Å². The Morgan fingerprint density at radius 3 is 2.85 bits per heavy atom. The average molecular weight is 264 g/mol. The fourth-order valence-corrected chi connectivity index (χ4v) is 2.45. The summed E-state index contributed by atoms with van der Waals surface area (Å²) in [6.07, 6.45) is 8.35. The Bertz CT molecular complexity index is 771. The Morgan fingerprint density at radius 2 is 2.10 bits per heavy atom. The van der Waals surface area contributed by atoms with Crippen LogP contribution in [0.4, 0.5) is 5.69 Å². The van der Waals surface area contributed by atoms with E-state index in [2.05, 4.69) is 39.7 Å².